The molecule has 70 valence electrons. The number of nitrogens with two attached hydrogens (primary N) is 1. The van der Waals surface area contributed by atoms with Crippen molar-refractivity contribution < 1.29 is 4.79 Å². The van der Waals surface area contributed by atoms with Crippen LogP contribution in [0.4, 0.5) is 0 Å². The van der Waals surface area contributed by atoms with Gasteiger partial charge in [-0.3, -0.25) is 4.79 Å². The van der Waals surface area contributed by atoms with Crippen molar-refractivity contribution >= 4 is 5.91 Å². The number of piperidine rings is 1. The van der Waals surface area contributed by atoms with Gasteiger partial charge in [0, 0.05) is 12.5 Å². The molecule has 0 spiro atoms. The van der Waals surface area contributed by atoms with E-state index in [0.29, 0.717) is 12.5 Å². The Balaban J connectivity index is 2.30. The lowest BCUT2D eigenvalue weighted by atomic mass is 9.89. The average Bonchev–Trinajstić information content (AvgIpc) is 2.03. The molecule has 1 amide bonds. The van der Waals surface area contributed by atoms with Gasteiger partial charge in [0.05, 0.1) is 0 Å². The summed E-state index contributed by atoms with van der Waals surface area (Å²) in [6, 6.07) is 0.334. The summed E-state index contributed by atoms with van der Waals surface area (Å²) in [4.78, 5) is 10.6. The fourth-order valence-corrected chi connectivity index (χ4v) is 1.86. The zero-order valence-corrected chi connectivity index (χ0v) is 7.68. The van der Waals surface area contributed by atoms with Crippen LogP contribution in [0.25, 0.3) is 0 Å². The van der Waals surface area contributed by atoms with Crippen molar-refractivity contribution in [2.45, 2.75) is 38.6 Å². The van der Waals surface area contributed by atoms with E-state index < -0.39 is 0 Å². The van der Waals surface area contributed by atoms with Crippen molar-refractivity contribution in [2.24, 2.45) is 11.7 Å². The molecule has 3 nitrogen and oxygen atoms in total. The summed E-state index contributed by atoms with van der Waals surface area (Å²) in [5.74, 6) is 0.597. The Morgan fingerprint density at radius 3 is 3.00 bits per heavy atom. The molecule has 0 radical (unpaired) electrons. The minimum absolute atomic E-state index is 0.191. The molecule has 0 bridgehead atoms. The van der Waals surface area contributed by atoms with Crippen molar-refractivity contribution in [3.63, 3.8) is 0 Å². The lowest BCUT2D eigenvalue weighted by Crippen LogP contribution is -2.40. The standard InChI is InChI=1S/C9H18N2O/c1-2-7-3-4-11-8(5-7)6-9(10)12/h7-8,11H,2-6H2,1H3,(H2,10,12). The molecule has 1 fully saturated rings. The molecule has 1 saturated heterocycles. The molecule has 1 aliphatic rings. The largest absolute Gasteiger partial charge is 0.370 e. The summed E-state index contributed by atoms with van der Waals surface area (Å²) < 4.78 is 0. The summed E-state index contributed by atoms with van der Waals surface area (Å²) in [5.41, 5.74) is 5.13. The van der Waals surface area contributed by atoms with Gasteiger partial charge in [0.2, 0.25) is 5.91 Å². The third-order valence-electron chi connectivity index (χ3n) is 2.63. The molecule has 0 aromatic heterocycles. The van der Waals surface area contributed by atoms with Gasteiger partial charge in [0.25, 0.3) is 0 Å². The van der Waals surface area contributed by atoms with Gasteiger partial charge in [-0.15, -0.1) is 0 Å². The molecule has 0 aromatic carbocycles. The van der Waals surface area contributed by atoms with E-state index in [0.717, 1.165) is 18.9 Å². The second-order valence-corrected chi connectivity index (χ2v) is 3.62. The quantitative estimate of drug-likeness (QED) is 0.653. The summed E-state index contributed by atoms with van der Waals surface area (Å²) in [5, 5.41) is 3.31. The Morgan fingerprint density at radius 1 is 1.67 bits per heavy atom. The molecule has 0 saturated carbocycles. The Hall–Kier alpha value is -0.570. The van der Waals surface area contributed by atoms with Crippen LogP contribution < -0.4 is 11.1 Å². The molecular weight excluding hydrogens is 152 g/mol. The number of carbonyl (C=O) groups excluding carboxylic acids is 1. The van der Waals surface area contributed by atoms with Crippen molar-refractivity contribution in [3.8, 4) is 0 Å². The van der Waals surface area contributed by atoms with Gasteiger partial charge in [0.1, 0.15) is 0 Å². The Bertz CT molecular complexity index is 159. The zero-order valence-electron chi connectivity index (χ0n) is 7.68. The second-order valence-electron chi connectivity index (χ2n) is 3.62. The highest BCUT2D eigenvalue weighted by atomic mass is 16.1. The first kappa shape index (κ1) is 9.52. The van der Waals surface area contributed by atoms with Gasteiger partial charge in [-0.25, -0.2) is 0 Å². The van der Waals surface area contributed by atoms with Crippen LogP contribution in [-0.2, 0) is 4.79 Å². The maximum Gasteiger partial charge on any atom is 0.218 e. The number of nitrogens with one attached hydrogen (secondary N) is 1. The minimum atomic E-state index is -0.191. The molecule has 3 heteroatoms. The van der Waals surface area contributed by atoms with Crippen LogP contribution in [0.1, 0.15) is 32.6 Å². The third-order valence-corrected chi connectivity index (χ3v) is 2.63. The first-order valence-corrected chi connectivity index (χ1v) is 4.74. The van der Waals surface area contributed by atoms with Gasteiger partial charge in [-0.05, 0) is 25.3 Å². The molecule has 1 rings (SSSR count). The van der Waals surface area contributed by atoms with E-state index in [1.165, 1.54) is 12.8 Å². The van der Waals surface area contributed by atoms with Crippen LogP contribution in [0.5, 0.6) is 0 Å². The molecule has 1 heterocycles. The maximum absolute atomic E-state index is 10.6. The van der Waals surface area contributed by atoms with Gasteiger partial charge in [-0.2, -0.15) is 0 Å². The van der Waals surface area contributed by atoms with Crippen LogP contribution in [-0.4, -0.2) is 18.5 Å². The van der Waals surface area contributed by atoms with Crippen molar-refractivity contribution in [2.75, 3.05) is 6.54 Å². The van der Waals surface area contributed by atoms with E-state index in [1.807, 2.05) is 0 Å². The van der Waals surface area contributed by atoms with Crippen LogP contribution in [0, 0.1) is 5.92 Å². The molecule has 0 aliphatic carbocycles. The number of carbonyl (C=O) groups is 1. The monoisotopic (exact) mass is 170 g/mol. The Kier molecular flexibility index (Phi) is 3.53. The van der Waals surface area contributed by atoms with E-state index >= 15 is 0 Å². The predicted molar refractivity (Wildman–Crippen MR) is 48.6 cm³/mol. The average molecular weight is 170 g/mol. The smallest absolute Gasteiger partial charge is 0.218 e. The van der Waals surface area contributed by atoms with Gasteiger partial charge in [0.15, 0.2) is 0 Å². The van der Waals surface area contributed by atoms with Crippen LogP contribution in [0.15, 0.2) is 0 Å². The summed E-state index contributed by atoms with van der Waals surface area (Å²) >= 11 is 0. The molecule has 3 N–H and O–H groups in total. The molecule has 12 heavy (non-hydrogen) atoms. The van der Waals surface area contributed by atoms with E-state index in [2.05, 4.69) is 12.2 Å². The fourth-order valence-electron chi connectivity index (χ4n) is 1.86. The van der Waals surface area contributed by atoms with Crippen LogP contribution >= 0.6 is 0 Å². The van der Waals surface area contributed by atoms with E-state index in [1.54, 1.807) is 0 Å². The van der Waals surface area contributed by atoms with E-state index in [-0.39, 0.29) is 5.91 Å². The topological polar surface area (TPSA) is 55.1 Å². The highest BCUT2D eigenvalue weighted by Gasteiger charge is 2.20. The summed E-state index contributed by atoms with van der Waals surface area (Å²) in [7, 11) is 0. The molecule has 1 aliphatic heterocycles. The zero-order chi connectivity index (χ0) is 8.97. The first-order valence-electron chi connectivity index (χ1n) is 4.74. The van der Waals surface area contributed by atoms with Crippen LogP contribution in [0.2, 0.25) is 0 Å². The van der Waals surface area contributed by atoms with Gasteiger partial charge in [-0.1, -0.05) is 13.3 Å². The summed E-state index contributed by atoms with van der Waals surface area (Å²) in [6.45, 7) is 3.24. The van der Waals surface area contributed by atoms with Crippen molar-refractivity contribution in [3.05, 3.63) is 0 Å². The minimum Gasteiger partial charge on any atom is -0.370 e. The van der Waals surface area contributed by atoms with E-state index in [4.69, 9.17) is 5.73 Å². The SMILES string of the molecule is CCC1CCNC(CC(N)=O)C1. The normalized spacial score (nSPS) is 30.1. The van der Waals surface area contributed by atoms with Gasteiger partial charge >= 0.3 is 0 Å². The first-order chi connectivity index (χ1) is 5.72. The lowest BCUT2D eigenvalue weighted by Gasteiger charge is -2.28. The van der Waals surface area contributed by atoms with Gasteiger partial charge < -0.3 is 11.1 Å². The number of hydrogen-bond donors (Lipinski definition) is 2. The van der Waals surface area contributed by atoms with Crippen LogP contribution in [0.3, 0.4) is 0 Å². The number of primary amides is 1. The molecule has 2 atom stereocenters. The number of amides is 1. The van der Waals surface area contributed by atoms with Crippen molar-refractivity contribution in [1.29, 1.82) is 0 Å². The third kappa shape index (κ3) is 2.81. The highest BCUT2D eigenvalue weighted by Crippen LogP contribution is 2.20. The second kappa shape index (κ2) is 4.45. The van der Waals surface area contributed by atoms with E-state index in [9.17, 15) is 4.79 Å². The predicted octanol–water partition coefficient (Wildman–Crippen LogP) is 0.640. The Morgan fingerprint density at radius 2 is 2.42 bits per heavy atom. The fraction of sp³-hybridized carbons (Fsp3) is 0.889. The van der Waals surface area contributed by atoms with Crippen molar-refractivity contribution in [1.82, 2.24) is 5.32 Å². The molecule has 0 aromatic rings. The number of hydrogen-bond acceptors (Lipinski definition) is 2. The lowest BCUT2D eigenvalue weighted by molar-refractivity contribution is -0.118. The molecular formula is C9H18N2O. The highest BCUT2D eigenvalue weighted by molar-refractivity contribution is 5.74. The Labute approximate surface area is 73.7 Å². The maximum atomic E-state index is 10.6. The summed E-state index contributed by atoms with van der Waals surface area (Å²) in [6.07, 6.45) is 4.07. The molecule has 2 unspecified atom stereocenters. The number of rotatable bonds is 3.